The van der Waals surface area contributed by atoms with E-state index in [9.17, 15) is 9.59 Å². The van der Waals surface area contributed by atoms with E-state index in [1.807, 2.05) is 35.2 Å². The summed E-state index contributed by atoms with van der Waals surface area (Å²) in [5.74, 6) is -0.621. The second-order valence-corrected chi connectivity index (χ2v) is 8.62. The second kappa shape index (κ2) is 9.42. The topological polar surface area (TPSA) is 73.8 Å². The van der Waals surface area contributed by atoms with Gasteiger partial charge in [0.25, 0.3) is 5.91 Å². The molecule has 3 aliphatic rings. The van der Waals surface area contributed by atoms with Crippen LogP contribution < -0.4 is 10.7 Å². The maximum absolute atomic E-state index is 13.2. The standard InChI is InChI=1S/C23H32N4O2/c28-22(24-17-10-4-1-5-11-17)20-16-27(19-14-8-3-9-15-19)23(29)21(20)26-25-18-12-6-2-7-13-18/h2,6-7,12-13,17,19-20,25H,1,3-5,8-11,14-16H2,(H,24,28). The first-order valence-electron chi connectivity index (χ1n) is 11.2. The normalized spacial score (nSPS) is 25.4. The van der Waals surface area contributed by atoms with Crippen LogP contribution in [0.4, 0.5) is 5.69 Å². The fourth-order valence-electron chi connectivity index (χ4n) is 4.89. The molecule has 0 aromatic heterocycles. The number of nitrogens with zero attached hydrogens (tertiary/aromatic N) is 2. The van der Waals surface area contributed by atoms with Gasteiger partial charge in [0, 0.05) is 18.6 Å². The largest absolute Gasteiger partial charge is 0.353 e. The molecule has 29 heavy (non-hydrogen) atoms. The average molecular weight is 397 g/mol. The molecule has 1 aromatic carbocycles. The summed E-state index contributed by atoms with van der Waals surface area (Å²) < 4.78 is 0. The van der Waals surface area contributed by atoms with E-state index in [1.165, 1.54) is 25.7 Å². The van der Waals surface area contributed by atoms with Crippen molar-refractivity contribution in [3.63, 3.8) is 0 Å². The molecule has 6 nitrogen and oxygen atoms in total. The van der Waals surface area contributed by atoms with E-state index in [2.05, 4.69) is 15.8 Å². The number of hydrogen-bond acceptors (Lipinski definition) is 4. The SMILES string of the molecule is O=C(NC1CCCCC1)C1CN(C2CCCCC2)C(=O)C1=NNc1ccccc1. The minimum atomic E-state index is -0.498. The maximum atomic E-state index is 13.2. The average Bonchev–Trinajstić information content (AvgIpc) is 3.11. The molecule has 4 rings (SSSR count). The number of benzene rings is 1. The van der Waals surface area contributed by atoms with Crippen molar-refractivity contribution in [1.29, 1.82) is 0 Å². The number of carbonyl (C=O) groups is 2. The summed E-state index contributed by atoms with van der Waals surface area (Å²) in [6.07, 6.45) is 11.3. The van der Waals surface area contributed by atoms with Crippen molar-refractivity contribution in [2.24, 2.45) is 11.0 Å². The molecule has 2 aliphatic carbocycles. The van der Waals surface area contributed by atoms with Gasteiger partial charge in [-0.15, -0.1) is 0 Å². The van der Waals surface area contributed by atoms with Gasteiger partial charge in [-0.05, 0) is 37.8 Å². The summed E-state index contributed by atoms with van der Waals surface area (Å²) in [4.78, 5) is 28.2. The third-order valence-corrected chi connectivity index (χ3v) is 6.55. The van der Waals surface area contributed by atoms with Gasteiger partial charge in [0.1, 0.15) is 11.6 Å². The van der Waals surface area contributed by atoms with Gasteiger partial charge in [0.2, 0.25) is 5.91 Å². The third kappa shape index (κ3) is 4.80. The van der Waals surface area contributed by atoms with Crippen molar-refractivity contribution >= 4 is 23.2 Å². The van der Waals surface area contributed by atoms with Gasteiger partial charge in [-0.25, -0.2) is 0 Å². The molecule has 156 valence electrons. The van der Waals surface area contributed by atoms with Gasteiger partial charge in [-0.1, -0.05) is 56.7 Å². The maximum Gasteiger partial charge on any atom is 0.271 e. The first-order chi connectivity index (χ1) is 14.2. The van der Waals surface area contributed by atoms with Gasteiger partial charge >= 0.3 is 0 Å². The number of hydrogen-bond donors (Lipinski definition) is 2. The Morgan fingerprint density at radius 1 is 0.931 bits per heavy atom. The Balaban J connectivity index is 1.51. The van der Waals surface area contributed by atoms with Crippen molar-refractivity contribution in [1.82, 2.24) is 10.2 Å². The van der Waals surface area contributed by atoms with E-state index in [4.69, 9.17) is 0 Å². The summed E-state index contributed by atoms with van der Waals surface area (Å²) in [6, 6.07) is 10.0. The van der Waals surface area contributed by atoms with Crippen molar-refractivity contribution in [3.8, 4) is 0 Å². The lowest BCUT2D eigenvalue weighted by Crippen LogP contribution is -2.43. The van der Waals surface area contributed by atoms with Crippen molar-refractivity contribution in [3.05, 3.63) is 30.3 Å². The predicted octanol–water partition coefficient (Wildman–Crippen LogP) is 3.69. The molecule has 1 saturated heterocycles. The van der Waals surface area contributed by atoms with E-state index in [1.54, 1.807) is 0 Å². The summed E-state index contributed by atoms with van der Waals surface area (Å²) >= 11 is 0. The first-order valence-corrected chi connectivity index (χ1v) is 11.2. The number of likely N-dealkylation sites (tertiary alicyclic amines) is 1. The number of amides is 2. The predicted molar refractivity (Wildman–Crippen MR) is 115 cm³/mol. The summed E-state index contributed by atoms with van der Waals surface area (Å²) in [5.41, 5.74) is 4.16. The van der Waals surface area contributed by atoms with Crippen molar-refractivity contribution in [2.75, 3.05) is 12.0 Å². The molecule has 1 unspecified atom stereocenters. The molecule has 3 fully saturated rings. The van der Waals surface area contributed by atoms with Gasteiger partial charge in [0.05, 0.1) is 5.69 Å². The van der Waals surface area contributed by atoms with Crippen LogP contribution in [0, 0.1) is 5.92 Å². The molecule has 0 radical (unpaired) electrons. The Morgan fingerprint density at radius 2 is 1.59 bits per heavy atom. The molecule has 0 bridgehead atoms. The van der Waals surface area contributed by atoms with Crippen LogP contribution in [-0.2, 0) is 9.59 Å². The lowest BCUT2D eigenvalue weighted by atomic mass is 9.94. The zero-order valence-electron chi connectivity index (χ0n) is 17.1. The molecule has 6 heteroatoms. The number of anilines is 1. The lowest BCUT2D eigenvalue weighted by Gasteiger charge is -2.31. The fourth-order valence-corrected chi connectivity index (χ4v) is 4.89. The molecule has 1 heterocycles. The molecule has 1 atom stereocenters. The van der Waals surface area contributed by atoms with Crippen LogP contribution in [0.1, 0.15) is 64.2 Å². The Bertz CT molecular complexity index is 737. The summed E-state index contributed by atoms with van der Waals surface area (Å²) in [5, 5.41) is 7.64. The van der Waals surface area contributed by atoms with E-state index in [0.29, 0.717) is 12.3 Å². The Hall–Kier alpha value is -2.37. The van der Waals surface area contributed by atoms with Crippen LogP contribution in [0.3, 0.4) is 0 Å². The van der Waals surface area contributed by atoms with Crippen molar-refractivity contribution in [2.45, 2.75) is 76.3 Å². The Morgan fingerprint density at radius 3 is 2.28 bits per heavy atom. The number of para-hydroxylation sites is 1. The van der Waals surface area contributed by atoms with Crippen LogP contribution in [0.5, 0.6) is 0 Å². The number of hydrazone groups is 1. The molecule has 2 amide bonds. The highest BCUT2D eigenvalue weighted by Gasteiger charge is 2.44. The van der Waals surface area contributed by atoms with Crippen LogP contribution >= 0.6 is 0 Å². The molecule has 2 N–H and O–H groups in total. The zero-order valence-corrected chi connectivity index (χ0v) is 17.1. The molecule has 0 spiro atoms. The van der Waals surface area contributed by atoms with Crippen molar-refractivity contribution < 1.29 is 9.59 Å². The van der Waals surface area contributed by atoms with Gasteiger partial charge in [0.15, 0.2) is 0 Å². The lowest BCUT2D eigenvalue weighted by molar-refractivity contribution is -0.125. The van der Waals surface area contributed by atoms with Crippen LogP contribution in [0.2, 0.25) is 0 Å². The quantitative estimate of drug-likeness (QED) is 0.746. The smallest absolute Gasteiger partial charge is 0.271 e. The molecule has 1 aliphatic heterocycles. The van der Waals surface area contributed by atoms with E-state index >= 15 is 0 Å². The highest BCUT2D eigenvalue weighted by molar-refractivity contribution is 6.45. The molecule has 2 saturated carbocycles. The Kier molecular flexibility index (Phi) is 6.47. The number of carbonyl (C=O) groups excluding carboxylic acids is 2. The Labute approximate surface area is 173 Å². The van der Waals surface area contributed by atoms with Gasteiger partial charge < -0.3 is 10.2 Å². The fraction of sp³-hybridized carbons (Fsp3) is 0.609. The number of nitrogens with one attached hydrogen (secondary N) is 2. The highest BCUT2D eigenvalue weighted by Crippen LogP contribution is 2.28. The molecular formula is C23H32N4O2. The van der Waals surface area contributed by atoms with E-state index < -0.39 is 5.92 Å². The highest BCUT2D eigenvalue weighted by atomic mass is 16.2. The number of rotatable bonds is 5. The van der Waals surface area contributed by atoms with E-state index in [0.717, 1.165) is 44.2 Å². The van der Waals surface area contributed by atoms with Gasteiger partial charge in [-0.3, -0.25) is 15.0 Å². The molecular weight excluding hydrogens is 364 g/mol. The second-order valence-electron chi connectivity index (χ2n) is 8.62. The monoisotopic (exact) mass is 396 g/mol. The van der Waals surface area contributed by atoms with E-state index in [-0.39, 0.29) is 23.9 Å². The molecule has 1 aromatic rings. The zero-order chi connectivity index (χ0) is 20.1. The minimum absolute atomic E-state index is 0.0443. The first kappa shape index (κ1) is 19.9. The van der Waals surface area contributed by atoms with Gasteiger partial charge in [-0.2, -0.15) is 5.10 Å². The van der Waals surface area contributed by atoms with Crippen LogP contribution in [-0.4, -0.2) is 41.1 Å². The summed E-state index contributed by atoms with van der Waals surface area (Å²) in [6.45, 7) is 0.456. The van der Waals surface area contributed by atoms with Crippen LogP contribution in [0.25, 0.3) is 0 Å². The van der Waals surface area contributed by atoms with Crippen LogP contribution in [0.15, 0.2) is 35.4 Å². The third-order valence-electron chi connectivity index (χ3n) is 6.55. The summed E-state index contributed by atoms with van der Waals surface area (Å²) in [7, 11) is 0. The minimum Gasteiger partial charge on any atom is -0.353 e.